The monoisotopic (exact) mass is 542 g/mol. The molecule has 10 nitrogen and oxygen atoms in total. The summed E-state index contributed by atoms with van der Waals surface area (Å²) in [4.78, 5) is 18.5. The van der Waals surface area contributed by atoms with Gasteiger partial charge < -0.3 is 0 Å². The Morgan fingerprint density at radius 1 is 0.657 bits per heavy atom. The molecule has 0 atom stereocenters. The third kappa shape index (κ3) is 6.26. The van der Waals surface area contributed by atoms with E-state index in [0.717, 1.165) is 4.83 Å². The van der Waals surface area contributed by atoms with Crippen LogP contribution in [0, 0.1) is 20.2 Å². The number of benzene rings is 2. The number of nitrogens with one attached hydrogen (secondary N) is 2. The molecule has 0 radical (unpaired) electrons. The summed E-state index contributed by atoms with van der Waals surface area (Å²) in [5.74, 6) is 0. The molecule has 2 aromatic carbocycles. The Morgan fingerprint density at radius 2 is 1.00 bits per heavy atom. The zero-order valence-corrected chi connectivity index (χ0v) is 16.9. The fraction of sp³-hybridized carbons (Fsp3) is 0.200. The van der Waals surface area contributed by atoms with Crippen LogP contribution in [0.4, 0.5) is 56.6 Å². The van der Waals surface area contributed by atoms with Crippen molar-refractivity contribution in [2.24, 2.45) is 0 Å². The van der Waals surface area contributed by atoms with Gasteiger partial charge >= 0.3 is 29.9 Å². The highest BCUT2D eigenvalue weighted by atomic mass is 32.2. The van der Waals surface area contributed by atoms with E-state index < -0.39 is 83.1 Å². The van der Waals surface area contributed by atoms with Crippen LogP contribution in [0.1, 0.15) is 16.7 Å². The number of halogens is 9. The van der Waals surface area contributed by atoms with Crippen LogP contribution in [-0.2, 0) is 28.6 Å². The summed E-state index contributed by atoms with van der Waals surface area (Å²) in [6, 6.07) is -1.31. The van der Waals surface area contributed by atoms with E-state index in [1.165, 1.54) is 5.43 Å². The number of hydrogen-bond donors (Lipinski definition) is 2. The van der Waals surface area contributed by atoms with Gasteiger partial charge in [-0.3, -0.25) is 25.7 Å². The Balaban J connectivity index is 2.62. The summed E-state index contributed by atoms with van der Waals surface area (Å²) in [5, 5.41) is 22.3. The molecule has 0 spiro atoms. The Bertz CT molecular complexity index is 1220. The van der Waals surface area contributed by atoms with Crippen LogP contribution in [0.15, 0.2) is 35.2 Å². The zero-order valence-electron chi connectivity index (χ0n) is 16.0. The van der Waals surface area contributed by atoms with Crippen LogP contribution in [-0.4, -0.2) is 18.3 Å². The molecule has 2 rings (SSSR count). The van der Waals surface area contributed by atoms with E-state index in [9.17, 15) is 68.2 Å². The van der Waals surface area contributed by atoms with Crippen molar-refractivity contribution in [1.29, 1.82) is 0 Å². The Hall–Kier alpha value is -3.68. The summed E-state index contributed by atoms with van der Waals surface area (Å²) in [6.07, 6.45) is -16.2. The second-order valence-electron chi connectivity index (χ2n) is 6.37. The standard InChI is InChI=1S/C15H7F9N4O6S/c16-13(17,18)6-1-7(14(19,20)21)3-9(2-6)35(33,34)26-25-12-10(27(29)30)4-8(15(22,23)24)5-11(12)28(31)32/h1-5,25-26H. The van der Waals surface area contributed by atoms with Gasteiger partial charge in [0.15, 0.2) is 0 Å². The average molecular weight is 542 g/mol. The van der Waals surface area contributed by atoms with Crippen LogP contribution in [0.5, 0.6) is 0 Å². The van der Waals surface area contributed by atoms with Crippen LogP contribution in [0.25, 0.3) is 0 Å². The highest BCUT2D eigenvalue weighted by molar-refractivity contribution is 7.89. The molecule has 0 saturated heterocycles. The summed E-state index contributed by atoms with van der Waals surface area (Å²) in [5.41, 5.74) is -9.52. The van der Waals surface area contributed by atoms with Gasteiger partial charge in [-0.2, -0.15) is 39.5 Å². The number of rotatable bonds is 6. The minimum absolute atomic E-state index is 0.213. The number of anilines is 1. The van der Waals surface area contributed by atoms with E-state index in [2.05, 4.69) is 0 Å². The lowest BCUT2D eigenvalue weighted by Gasteiger charge is -2.16. The maximum atomic E-state index is 13.0. The van der Waals surface area contributed by atoms with E-state index in [0.29, 0.717) is 0 Å². The Morgan fingerprint density at radius 3 is 1.31 bits per heavy atom. The molecule has 0 aliphatic rings. The van der Waals surface area contributed by atoms with Crippen LogP contribution >= 0.6 is 0 Å². The Labute approximate surface area is 186 Å². The molecule has 0 bridgehead atoms. The molecule has 0 amide bonds. The fourth-order valence-electron chi connectivity index (χ4n) is 2.45. The molecule has 0 fully saturated rings. The number of hydrazine groups is 1. The first-order valence-electron chi connectivity index (χ1n) is 8.26. The summed E-state index contributed by atoms with van der Waals surface area (Å²) in [6.45, 7) is 0. The van der Waals surface area contributed by atoms with Gasteiger partial charge in [-0.1, -0.05) is 0 Å². The second-order valence-corrected chi connectivity index (χ2v) is 8.06. The van der Waals surface area contributed by atoms with Gasteiger partial charge in [0, 0.05) is 12.1 Å². The molecule has 0 aliphatic carbocycles. The van der Waals surface area contributed by atoms with Crippen molar-refractivity contribution in [2.75, 3.05) is 5.43 Å². The predicted octanol–water partition coefficient (Wildman–Crippen LogP) is 4.86. The molecule has 0 aliphatic heterocycles. The molecule has 0 heterocycles. The quantitative estimate of drug-likeness (QED) is 0.301. The lowest BCUT2D eigenvalue weighted by molar-refractivity contribution is -0.392. The zero-order chi connectivity index (χ0) is 27.1. The van der Waals surface area contributed by atoms with Crippen molar-refractivity contribution < 1.29 is 57.8 Å². The minimum Gasteiger partial charge on any atom is -0.296 e. The molecule has 20 heteroatoms. The number of nitro groups is 2. The van der Waals surface area contributed by atoms with Gasteiger partial charge in [0.2, 0.25) is 5.69 Å². The maximum Gasteiger partial charge on any atom is 0.416 e. The number of hydrogen-bond acceptors (Lipinski definition) is 7. The van der Waals surface area contributed by atoms with E-state index in [1.54, 1.807) is 0 Å². The van der Waals surface area contributed by atoms with Crippen molar-refractivity contribution in [3.05, 3.63) is 67.3 Å². The highest BCUT2D eigenvalue weighted by Crippen LogP contribution is 2.41. The lowest BCUT2D eigenvalue weighted by Crippen LogP contribution is -2.31. The molecule has 0 saturated carbocycles. The van der Waals surface area contributed by atoms with Crippen molar-refractivity contribution >= 4 is 27.1 Å². The first-order chi connectivity index (χ1) is 15.6. The molecular formula is C15H7F9N4O6S. The maximum absolute atomic E-state index is 13.0. The molecule has 0 unspecified atom stereocenters. The minimum atomic E-state index is -5.48. The molecule has 192 valence electrons. The van der Waals surface area contributed by atoms with Gasteiger partial charge in [-0.05, 0) is 18.2 Å². The van der Waals surface area contributed by atoms with Gasteiger partial charge in [0.05, 0.1) is 31.4 Å². The van der Waals surface area contributed by atoms with Gasteiger partial charge in [0.25, 0.3) is 10.0 Å². The Kier molecular flexibility index (Phi) is 6.96. The molecule has 0 aromatic heterocycles. The van der Waals surface area contributed by atoms with Crippen molar-refractivity contribution in [3.8, 4) is 0 Å². The largest absolute Gasteiger partial charge is 0.416 e. The molecule has 2 N–H and O–H groups in total. The van der Waals surface area contributed by atoms with Crippen molar-refractivity contribution in [2.45, 2.75) is 23.4 Å². The van der Waals surface area contributed by atoms with Crippen LogP contribution in [0.2, 0.25) is 0 Å². The normalized spacial score (nSPS) is 12.9. The van der Waals surface area contributed by atoms with Gasteiger partial charge in [0.1, 0.15) is 0 Å². The SMILES string of the molecule is O=[N+]([O-])c1cc(C(F)(F)F)cc([N+](=O)[O-])c1NNS(=O)(=O)c1cc(C(F)(F)F)cc(C(F)(F)F)c1. The average Bonchev–Trinajstić information content (AvgIpc) is 2.69. The predicted molar refractivity (Wildman–Crippen MR) is 95.1 cm³/mol. The first-order valence-corrected chi connectivity index (χ1v) is 9.74. The summed E-state index contributed by atoms with van der Waals surface area (Å²) < 4.78 is 141. The van der Waals surface area contributed by atoms with Crippen LogP contribution in [0.3, 0.4) is 0 Å². The van der Waals surface area contributed by atoms with E-state index in [1.807, 2.05) is 0 Å². The first kappa shape index (κ1) is 27.6. The van der Waals surface area contributed by atoms with Gasteiger partial charge in [-0.25, -0.2) is 8.42 Å². The molecule has 35 heavy (non-hydrogen) atoms. The number of sulfonamides is 1. The summed E-state index contributed by atoms with van der Waals surface area (Å²) in [7, 11) is -5.48. The van der Waals surface area contributed by atoms with Crippen LogP contribution < -0.4 is 10.3 Å². The lowest BCUT2D eigenvalue weighted by atomic mass is 10.1. The number of nitrogens with zero attached hydrogens (tertiary/aromatic N) is 2. The van der Waals surface area contributed by atoms with E-state index >= 15 is 0 Å². The highest BCUT2D eigenvalue weighted by Gasteiger charge is 2.40. The molecular weight excluding hydrogens is 535 g/mol. The second kappa shape index (κ2) is 8.83. The fourth-order valence-corrected chi connectivity index (χ4v) is 3.37. The third-order valence-corrected chi connectivity index (χ3v) is 5.23. The smallest absolute Gasteiger partial charge is 0.296 e. The van der Waals surface area contributed by atoms with Crippen molar-refractivity contribution in [3.63, 3.8) is 0 Å². The van der Waals surface area contributed by atoms with E-state index in [4.69, 9.17) is 0 Å². The van der Waals surface area contributed by atoms with Crippen molar-refractivity contribution in [1.82, 2.24) is 4.83 Å². The third-order valence-electron chi connectivity index (χ3n) is 4.00. The topological polar surface area (TPSA) is 144 Å². The van der Waals surface area contributed by atoms with E-state index in [-0.39, 0.29) is 24.3 Å². The summed E-state index contributed by atoms with van der Waals surface area (Å²) >= 11 is 0. The molecule has 2 aromatic rings. The van der Waals surface area contributed by atoms with Gasteiger partial charge in [-0.15, -0.1) is 4.83 Å². The number of alkyl halides is 9. The number of nitro benzene ring substituents is 2.